The van der Waals surface area contributed by atoms with Gasteiger partial charge in [0.15, 0.2) is 0 Å². The molecular formula is C12H19NO4. The van der Waals surface area contributed by atoms with Crippen molar-refractivity contribution in [2.24, 2.45) is 17.8 Å². The van der Waals surface area contributed by atoms with Gasteiger partial charge in [0, 0.05) is 25.6 Å². The zero-order valence-corrected chi connectivity index (χ0v) is 10.1. The first-order valence-electron chi connectivity index (χ1n) is 6.22. The van der Waals surface area contributed by atoms with Gasteiger partial charge in [-0.15, -0.1) is 0 Å². The number of carbonyl (C=O) groups is 2. The SMILES string of the molecule is CCOC[C@@H]1CCN(C(=O)[C@@H]2C[C@@H]2C(=O)O)C1. The summed E-state index contributed by atoms with van der Waals surface area (Å²) in [5.74, 6) is -1.10. The number of carbonyl (C=O) groups excluding carboxylic acids is 1. The van der Waals surface area contributed by atoms with Gasteiger partial charge in [0.2, 0.25) is 5.91 Å². The Balaban J connectivity index is 1.77. The number of rotatable bonds is 5. The number of nitrogens with zero attached hydrogens (tertiary/aromatic N) is 1. The van der Waals surface area contributed by atoms with Gasteiger partial charge in [-0.1, -0.05) is 0 Å². The molecule has 1 aliphatic carbocycles. The maximum atomic E-state index is 12.0. The van der Waals surface area contributed by atoms with Crippen molar-refractivity contribution < 1.29 is 19.4 Å². The number of carboxylic acid groups (broad SMARTS) is 1. The van der Waals surface area contributed by atoms with Crippen LogP contribution in [0, 0.1) is 17.8 Å². The lowest BCUT2D eigenvalue weighted by molar-refractivity contribution is -0.141. The quantitative estimate of drug-likeness (QED) is 0.765. The van der Waals surface area contributed by atoms with Crippen LogP contribution in [0.2, 0.25) is 0 Å². The fraction of sp³-hybridized carbons (Fsp3) is 0.833. The first kappa shape index (κ1) is 12.4. The molecule has 5 heteroatoms. The number of ether oxygens (including phenoxy) is 1. The van der Waals surface area contributed by atoms with Gasteiger partial charge in [-0.05, 0) is 19.8 Å². The van der Waals surface area contributed by atoms with E-state index < -0.39 is 11.9 Å². The Kier molecular flexibility index (Phi) is 3.66. The van der Waals surface area contributed by atoms with E-state index in [1.165, 1.54) is 0 Å². The van der Waals surface area contributed by atoms with E-state index >= 15 is 0 Å². The maximum Gasteiger partial charge on any atom is 0.307 e. The lowest BCUT2D eigenvalue weighted by Gasteiger charge is -2.16. The molecule has 1 saturated heterocycles. The Morgan fingerprint density at radius 3 is 2.76 bits per heavy atom. The number of aliphatic carboxylic acids is 1. The van der Waals surface area contributed by atoms with E-state index in [-0.39, 0.29) is 11.8 Å². The molecule has 1 saturated carbocycles. The summed E-state index contributed by atoms with van der Waals surface area (Å²) in [7, 11) is 0. The van der Waals surface area contributed by atoms with Crippen molar-refractivity contribution in [3.05, 3.63) is 0 Å². The van der Waals surface area contributed by atoms with Crippen molar-refractivity contribution in [2.75, 3.05) is 26.3 Å². The summed E-state index contributed by atoms with van der Waals surface area (Å²) >= 11 is 0. The minimum absolute atomic E-state index is 0.0244. The van der Waals surface area contributed by atoms with Crippen LogP contribution in [0.5, 0.6) is 0 Å². The molecule has 3 atom stereocenters. The molecule has 0 aromatic heterocycles. The molecule has 0 aromatic carbocycles. The third-order valence-corrected chi connectivity index (χ3v) is 3.58. The first-order valence-corrected chi connectivity index (χ1v) is 6.22. The molecule has 0 aromatic rings. The molecule has 0 unspecified atom stereocenters. The minimum atomic E-state index is -0.839. The smallest absolute Gasteiger partial charge is 0.307 e. The maximum absolute atomic E-state index is 12.0. The summed E-state index contributed by atoms with van der Waals surface area (Å²) in [5, 5.41) is 8.79. The van der Waals surface area contributed by atoms with E-state index in [4.69, 9.17) is 9.84 Å². The summed E-state index contributed by atoms with van der Waals surface area (Å²) < 4.78 is 5.35. The molecule has 2 rings (SSSR count). The molecule has 96 valence electrons. The molecule has 2 aliphatic rings. The van der Waals surface area contributed by atoms with Gasteiger partial charge in [-0.3, -0.25) is 9.59 Å². The Morgan fingerprint density at radius 2 is 2.18 bits per heavy atom. The van der Waals surface area contributed by atoms with Gasteiger partial charge in [-0.25, -0.2) is 0 Å². The largest absolute Gasteiger partial charge is 0.481 e. The fourth-order valence-corrected chi connectivity index (χ4v) is 2.43. The highest BCUT2D eigenvalue weighted by Gasteiger charge is 2.50. The molecule has 1 N–H and O–H groups in total. The van der Waals surface area contributed by atoms with E-state index in [9.17, 15) is 9.59 Å². The summed E-state index contributed by atoms with van der Waals surface area (Å²) in [6.45, 7) is 4.84. The lowest BCUT2D eigenvalue weighted by atomic mass is 10.1. The van der Waals surface area contributed by atoms with E-state index in [1.54, 1.807) is 4.90 Å². The first-order chi connectivity index (χ1) is 8.13. The van der Waals surface area contributed by atoms with E-state index in [0.29, 0.717) is 25.6 Å². The van der Waals surface area contributed by atoms with Gasteiger partial charge in [0.25, 0.3) is 0 Å². The van der Waals surface area contributed by atoms with Crippen LogP contribution in [0.3, 0.4) is 0 Å². The monoisotopic (exact) mass is 241 g/mol. The Bertz CT molecular complexity index is 318. The van der Waals surface area contributed by atoms with E-state index in [0.717, 1.165) is 19.5 Å². The number of likely N-dealkylation sites (tertiary alicyclic amines) is 1. The van der Waals surface area contributed by atoms with Crippen molar-refractivity contribution in [1.82, 2.24) is 4.90 Å². The predicted octanol–water partition coefficient (Wildman–Crippen LogP) is 0.592. The van der Waals surface area contributed by atoms with Crippen LogP contribution in [0.4, 0.5) is 0 Å². The van der Waals surface area contributed by atoms with E-state index in [1.807, 2.05) is 6.92 Å². The standard InChI is InChI=1S/C12H19NO4/c1-2-17-7-8-3-4-13(6-8)11(14)9-5-10(9)12(15)16/h8-10H,2-7H2,1H3,(H,15,16)/t8-,9-,10+/m1/s1. The number of carboxylic acids is 1. The highest BCUT2D eigenvalue weighted by Crippen LogP contribution is 2.40. The summed E-state index contributed by atoms with van der Waals surface area (Å²) in [5.41, 5.74) is 0. The van der Waals surface area contributed by atoms with Crippen molar-refractivity contribution in [3.63, 3.8) is 0 Å². The molecule has 5 nitrogen and oxygen atoms in total. The van der Waals surface area contributed by atoms with Crippen molar-refractivity contribution >= 4 is 11.9 Å². The number of hydrogen-bond acceptors (Lipinski definition) is 3. The van der Waals surface area contributed by atoms with Gasteiger partial charge in [-0.2, -0.15) is 0 Å². The average Bonchev–Trinajstić information content (AvgIpc) is 2.98. The third-order valence-electron chi connectivity index (χ3n) is 3.58. The minimum Gasteiger partial charge on any atom is -0.481 e. The van der Waals surface area contributed by atoms with Crippen LogP contribution < -0.4 is 0 Å². The summed E-state index contributed by atoms with van der Waals surface area (Å²) in [6.07, 6.45) is 1.48. The second-order valence-electron chi connectivity index (χ2n) is 4.89. The zero-order chi connectivity index (χ0) is 12.4. The topological polar surface area (TPSA) is 66.8 Å². The average molecular weight is 241 g/mol. The lowest BCUT2D eigenvalue weighted by Crippen LogP contribution is -2.31. The molecule has 0 spiro atoms. The second-order valence-corrected chi connectivity index (χ2v) is 4.89. The molecule has 0 radical (unpaired) electrons. The van der Waals surface area contributed by atoms with Gasteiger partial charge in [0.1, 0.15) is 0 Å². The molecule has 2 fully saturated rings. The molecular weight excluding hydrogens is 222 g/mol. The molecule has 0 bridgehead atoms. The molecule has 17 heavy (non-hydrogen) atoms. The van der Waals surface area contributed by atoms with E-state index in [2.05, 4.69) is 0 Å². The molecule has 1 aliphatic heterocycles. The predicted molar refractivity (Wildman–Crippen MR) is 60.4 cm³/mol. The van der Waals surface area contributed by atoms with Crippen molar-refractivity contribution in [3.8, 4) is 0 Å². The normalized spacial score (nSPS) is 31.6. The highest BCUT2D eigenvalue weighted by atomic mass is 16.5. The van der Waals surface area contributed by atoms with Gasteiger partial charge in [0.05, 0.1) is 18.4 Å². The third kappa shape index (κ3) is 2.77. The van der Waals surface area contributed by atoms with Crippen LogP contribution in [0.1, 0.15) is 19.8 Å². The number of amides is 1. The Morgan fingerprint density at radius 1 is 1.41 bits per heavy atom. The molecule has 1 heterocycles. The van der Waals surface area contributed by atoms with Crippen molar-refractivity contribution in [1.29, 1.82) is 0 Å². The van der Waals surface area contributed by atoms with Crippen LogP contribution in [-0.2, 0) is 14.3 Å². The highest BCUT2D eigenvalue weighted by molar-refractivity contribution is 5.89. The number of hydrogen-bond donors (Lipinski definition) is 1. The summed E-state index contributed by atoms with van der Waals surface area (Å²) in [6, 6.07) is 0. The van der Waals surface area contributed by atoms with Gasteiger partial charge >= 0.3 is 5.97 Å². The van der Waals surface area contributed by atoms with Crippen molar-refractivity contribution in [2.45, 2.75) is 19.8 Å². The van der Waals surface area contributed by atoms with Crippen LogP contribution in [-0.4, -0.2) is 48.2 Å². The second kappa shape index (κ2) is 5.04. The zero-order valence-electron chi connectivity index (χ0n) is 10.1. The fourth-order valence-electron chi connectivity index (χ4n) is 2.43. The Labute approximate surface area is 101 Å². The molecule has 1 amide bonds. The van der Waals surface area contributed by atoms with Crippen LogP contribution >= 0.6 is 0 Å². The van der Waals surface area contributed by atoms with Gasteiger partial charge < -0.3 is 14.7 Å². The summed E-state index contributed by atoms with van der Waals surface area (Å²) in [4.78, 5) is 24.5. The Hall–Kier alpha value is -1.10. The van der Waals surface area contributed by atoms with Crippen LogP contribution in [0.25, 0.3) is 0 Å². The van der Waals surface area contributed by atoms with Crippen LogP contribution in [0.15, 0.2) is 0 Å².